The summed E-state index contributed by atoms with van der Waals surface area (Å²) in [7, 11) is 0. The molecule has 0 aliphatic carbocycles. The van der Waals surface area contributed by atoms with E-state index in [-0.39, 0.29) is 0 Å². The SMILES string of the molecule is CCC(C)C1CCCOC1. The number of hydrogen-bond acceptors (Lipinski definition) is 1. The molecule has 0 amide bonds. The molecule has 1 fully saturated rings. The Bertz CT molecular complexity index is 84.7. The van der Waals surface area contributed by atoms with Crippen LogP contribution in [0.25, 0.3) is 0 Å². The van der Waals surface area contributed by atoms with Crippen molar-refractivity contribution in [3.05, 3.63) is 0 Å². The third kappa shape index (κ3) is 1.98. The summed E-state index contributed by atoms with van der Waals surface area (Å²) in [6.45, 7) is 6.60. The van der Waals surface area contributed by atoms with Crippen molar-refractivity contribution >= 4 is 0 Å². The van der Waals surface area contributed by atoms with E-state index in [0.29, 0.717) is 0 Å². The fourth-order valence-electron chi connectivity index (χ4n) is 1.55. The predicted octanol–water partition coefficient (Wildman–Crippen LogP) is 2.46. The highest BCUT2D eigenvalue weighted by Crippen LogP contribution is 2.23. The van der Waals surface area contributed by atoms with Crippen LogP contribution in [0, 0.1) is 11.8 Å². The first-order valence-electron chi connectivity index (χ1n) is 4.42. The van der Waals surface area contributed by atoms with Crippen molar-refractivity contribution < 1.29 is 4.74 Å². The van der Waals surface area contributed by atoms with E-state index in [9.17, 15) is 0 Å². The van der Waals surface area contributed by atoms with Gasteiger partial charge in [0.2, 0.25) is 0 Å². The monoisotopic (exact) mass is 142 g/mol. The average Bonchev–Trinajstić information content (AvgIpc) is 2.05. The quantitative estimate of drug-likeness (QED) is 0.575. The second kappa shape index (κ2) is 3.97. The van der Waals surface area contributed by atoms with Gasteiger partial charge in [-0.3, -0.25) is 0 Å². The summed E-state index contributed by atoms with van der Waals surface area (Å²) in [5, 5.41) is 0. The van der Waals surface area contributed by atoms with Gasteiger partial charge >= 0.3 is 0 Å². The third-order valence-electron chi connectivity index (χ3n) is 2.64. The molecular formula is C9H18O. The Morgan fingerprint density at radius 1 is 1.60 bits per heavy atom. The normalized spacial score (nSPS) is 30.0. The van der Waals surface area contributed by atoms with E-state index in [0.717, 1.165) is 25.0 Å². The van der Waals surface area contributed by atoms with Gasteiger partial charge in [0.15, 0.2) is 0 Å². The van der Waals surface area contributed by atoms with Crippen LogP contribution in [0.4, 0.5) is 0 Å². The van der Waals surface area contributed by atoms with Gasteiger partial charge in [0, 0.05) is 13.2 Å². The lowest BCUT2D eigenvalue weighted by Gasteiger charge is -2.26. The molecule has 0 spiro atoms. The molecule has 1 heteroatoms. The lowest BCUT2D eigenvalue weighted by molar-refractivity contribution is 0.0333. The highest BCUT2D eigenvalue weighted by atomic mass is 16.5. The first-order valence-corrected chi connectivity index (χ1v) is 4.42. The summed E-state index contributed by atoms with van der Waals surface area (Å²) in [5.74, 6) is 1.71. The van der Waals surface area contributed by atoms with E-state index in [1.165, 1.54) is 19.3 Å². The molecule has 1 nitrogen and oxygen atoms in total. The minimum atomic E-state index is 0.846. The summed E-state index contributed by atoms with van der Waals surface area (Å²) in [5.41, 5.74) is 0. The summed E-state index contributed by atoms with van der Waals surface area (Å²) < 4.78 is 5.41. The van der Waals surface area contributed by atoms with E-state index in [2.05, 4.69) is 13.8 Å². The highest BCUT2D eigenvalue weighted by molar-refractivity contribution is 4.67. The van der Waals surface area contributed by atoms with E-state index in [1.807, 2.05) is 0 Å². The van der Waals surface area contributed by atoms with Gasteiger partial charge in [-0.2, -0.15) is 0 Å². The van der Waals surface area contributed by atoms with Crippen LogP contribution in [0.3, 0.4) is 0 Å². The highest BCUT2D eigenvalue weighted by Gasteiger charge is 2.18. The van der Waals surface area contributed by atoms with Crippen molar-refractivity contribution in [1.29, 1.82) is 0 Å². The second-order valence-corrected chi connectivity index (χ2v) is 3.36. The molecule has 60 valence electrons. The van der Waals surface area contributed by atoms with Crippen LogP contribution in [0.5, 0.6) is 0 Å². The van der Waals surface area contributed by atoms with Crippen LogP contribution in [0.2, 0.25) is 0 Å². The zero-order valence-corrected chi connectivity index (χ0v) is 7.10. The molecule has 10 heavy (non-hydrogen) atoms. The molecule has 1 saturated heterocycles. The average molecular weight is 142 g/mol. The minimum Gasteiger partial charge on any atom is -0.381 e. The van der Waals surface area contributed by atoms with Gasteiger partial charge in [-0.05, 0) is 24.7 Å². The van der Waals surface area contributed by atoms with Gasteiger partial charge in [-0.25, -0.2) is 0 Å². The van der Waals surface area contributed by atoms with Gasteiger partial charge in [0.05, 0.1) is 0 Å². The summed E-state index contributed by atoms with van der Waals surface area (Å²) in [4.78, 5) is 0. The van der Waals surface area contributed by atoms with Crippen molar-refractivity contribution in [2.45, 2.75) is 33.1 Å². The lowest BCUT2D eigenvalue weighted by atomic mass is 9.88. The first kappa shape index (κ1) is 8.06. The maximum Gasteiger partial charge on any atom is 0.0496 e. The van der Waals surface area contributed by atoms with Crippen molar-refractivity contribution in [2.75, 3.05) is 13.2 Å². The smallest absolute Gasteiger partial charge is 0.0496 e. The second-order valence-electron chi connectivity index (χ2n) is 3.36. The summed E-state index contributed by atoms with van der Waals surface area (Å²) in [6.07, 6.45) is 3.96. The van der Waals surface area contributed by atoms with Gasteiger partial charge in [-0.1, -0.05) is 20.3 Å². The van der Waals surface area contributed by atoms with Crippen molar-refractivity contribution in [1.82, 2.24) is 0 Å². The molecule has 0 saturated carbocycles. The topological polar surface area (TPSA) is 9.23 Å². The first-order chi connectivity index (χ1) is 4.84. The minimum absolute atomic E-state index is 0.846. The zero-order valence-electron chi connectivity index (χ0n) is 7.10. The number of ether oxygens (including phenoxy) is 1. The lowest BCUT2D eigenvalue weighted by Crippen LogP contribution is -2.22. The largest absolute Gasteiger partial charge is 0.381 e. The Kier molecular flexibility index (Phi) is 3.20. The molecule has 2 atom stereocenters. The molecule has 0 aromatic heterocycles. The number of hydrogen-bond donors (Lipinski definition) is 0. The molecule has 0 aromatic carbocycles. The van der Waals surface area contributed by atoms with Gasteiger partial charge < -0.3 is 4.74 Å². The molecular weight excluding hydrogens is 124 g/mol. The Morgan fingerprint density at radius 3 is 2.90 bits per heavy atom. The zero-order chi connectivity index (χ0) is 7.40. The third-order valence-corrected chi connectivity index (χ3v) is 2.64. The van der Waals surface area contributed by atoms with Crippen LogP contribution in [-0.4, -0.2) is 13.2 Å². The Morgan fingerprint density at radius 2 is 2.40 bits per heavy atom. The molecule has 0 aromatic rings. The van der Waals surface area contributed by atoms with Crippen LogP contribution in [-0.2, 0) is 4.74 Å². The van der Waals surface area contributed by atoms with Crippen molar-refractivity contribution in [3.63, 3.8) is 0 Å². The van der Waals surface area contributed by atoms with E-state index in [1.54, 1.807) is 0 Å². The Hall–Kier alpha value is -0.0400. The van der Waals surface area contributed by atoms with Crippen LogP contribution < -0.4 is 0 Å². The van der Waals surface area contributed by atoms with E-state index >= 15 is 0 Å². The van der Waals surface area contributed by atoms with E-state index in [4.69, 9.17) is 4.74 Å². The van der Waals surface area contributed by atoms with Crippen LogP contribution >= 0.6 is 0 Å². The fraction of sp³-hybridized carbons (Fsp3) is 1.00. The van der Waals surface area contributed by atoms with Crippen LogP contribution in [0.1, 0.15) is 33.1 Å². The predicted molar refractivity (Wildman–Crippen MR) is 43.0 cm³/mol. The maximum absolute atomic E-state index is 5.41. The van der Waals surface area contributed by atoms with Gasteiger partial charge in [0.25, 0.3) is 0 Å². The maximum atomic E-state index is 5.41. The molecule has 0 bridgehead atoms. The summed E-state index contributed by atoms with van der Waals surface area (Å²) in [6, 6.07) is 0. The van der Waals surface area contributed by atoms with Crippen LogP contribution in [0.15, 0.2) is 0 Å². The Labute approximate surface area is 63.8 Å². The van der Waals surface area contributed by atoms with Gasteiger partial charge in [-0.15, -0.1) is 0 Å². The van der Waals surface area contributed by atoms with Crippen molar-refractivity contribution in [3.8, 4) is 0 Å². The molecule has 1 rings (SSSR count). The van der Waals surface area contributed by atoms with Crippen molar-refractivity contribution in [2.24, 2.45) is 11.8 Å². The standard InChI is InChI=1S/C9H18O/c1-3-8(2)9-5-4-6-10-7-9/h8-9H,3-7H2,1-2H3. The molecule has 1 heterocycles. The molecule has 0 radical (unpaired) electrons. The molecule has 2 unspecified atom stereocenters. The molecule has 0 N–H and O–H groups in total. The Balaban J connectivity index is 2.24. The molecule has 1 aliphatic rings. The number of rotatable bonds is 2. The summed E-state index contributed by atoms with van der Waals surface area (Å²) >= 11 is 0. The molecule has 1 aliphatic heterocycles. The fourth-order valence-corrected chi connectivity index (χ4v) is 1.55. The van der Waals surface area contributed by atoms with Gasteiger partial charge in [0.1, 0.15) is 0 Å². The van der Waals surface area contributed by atoms with E-state index < -0.39 is 0 Å².